The van der Waals surface area contributed by atoms with E-state index < -0.39 is 0 Å². The van der Waals surface area contributed by atoms with Crippen LogP contribution in [0.1, 0.15) is 33.1 Å². The Morgan fingerprint density at radius 2 is 2.21 bits per heavy atom. The first-order valence-electron chi connectivity index (χ1n) is 4.90. The molecule has 0 spiro atoms. The van der Waals surface area contributed by atoms with Crippen molar-refractivity contribution in [3.63, 3.8) is 0 Å². The summed E-state index contributed by atoms with van der Waals surface area (Å²) in [6.45, 7) is 4.37. The second-order valence-corrected chi connectivity index (χ2v) is 3.42. The number of aliphatic hydroxyl groups excluding tert-OH is 1. The second-order valence-electron chi connectivity index (χ2n) is 3.42. The SMILES string of the molecule is CC(C)N(CCC#N)C(=O)CCCO. The molecule has 0 aromatic rings. The molecule has 0 radical (unpaired) electrons. The molecule has 0 heterocycles. The minimum absolute atomic E-state index is 0.0179. The van der Waals surface area contributed by atoms with Gasteiger partial charge in [0.25, 0.3) is 0 Å². The van der Waals surface area contributed by atoms with Crippen molar-refractivity contribution in [3.8, 4) is 6.07 Å². The van der Waals surface area contributed by atoms with E-state index in [0.717, 1.165) is 0 Å². The Morgan fingerprint density at radius 3 is 2.64 bits per heavy atom. The highest BCUT2D eigenvalue weighted by atomic mass is 16.3. The summed E-state index contributed by atoms with van der Waals surface area (Å²) in [5.41, 5.74) is 0. The van der Waals surface area contributed by atoms with Gasteiger partial charge in [-0.1, -0.05) is 0 Å². The van der Waals surface area contributed by atoms with Gasteiger partial charge in [0.2, 0.25) is 5.91 Å². The maximum Gasteiger partial charge on any atom is 0.222 e. The Hall–Kier alpha value is -1.08. The molecule has 0 aliphatic heterocycles. The average Bonchev–Trinajstić information content (AvgIpc) is 2.14. The Labute approximate surface area is 85.1 Å². The molecule has 0 aliphatic carbocycles. The van der Waals surface area contributed by atoms with Crippen LogP contribution in [0.5, 0.6) is 0 Å². The van der Waals surface area contributed by atoms with Gasteiger partial charge in [0.1, 0.15) is 0 Å². The zero-order chi connectivity index (χ0) is 11.0. The van der Waals surface area contributed by atoms with Gasteiger partial charge in [-0.3, -0.25) is 4.79 Å². The van der Waals surface area contributed by atoms with E-state index in [1.807, 2.05) is 19.9 Å². The summed E-state index contributed by atoms with van der Waals surface area (Å²) in [5, 5.41) is 17.0. The van der Waals surface area contributed by atoms with Crippen molar-refractivity contribution in [1.82, 2.24) is 4.90 Å². The standard InChI is InChI=1S/C10H18N2O2/c1-9(2)12(7-4-6-11)10(14)5-3-8-13/h9,13H,3-5,7-8H2,1-2H3. The first kappa shape index (κ1) is 12.9. The zero-order valence-corrected chi connectivity index (χ0v) is 8.86. The highest BCUT2D eigenvalue weighted by Crippen LogP contribution is 2.04. The van der Waals surface area contributed by atoms with Crippen LogP contribution >= 0.6 is 0 Å². The van der Waals surface area contributed by atoms with Gasteiger partial charge in [-0.15, -0.1) is 0 Å². The van der Waals surface area contributed by atoms with Crippen molar-refractivity contribution < 1.29 is 9.90 Å². The van der Waals surface area contributed by atoms with Gasteiger partial charge in [-0.2, -0.15) is 5.26 Å². The van der Waals surface area contributed by atoms with E-state index in [1.54, 1.807) is 4.90 Å². The fourth-order valence-electron chi connectivity index (χ4n) is 1.22. The van der Waals surface area contributed by atoms with Crippen molar-refractivity contribution in [3.05, 3.63) is 0 Å². The monoisotopic (exact) mass is 198 g/mol. The van der Waals surface area contributed by atoms with E-state index >= 15 is 0 Å². The first-order valence-corrected chi connectivity index (χ1v) is 4.90. The minimum Gasteiger partial charge on any atom is -0.396 e. The van der Waals surface area contributed by atoms with Gasteiger partial charge in [0, 0.05) is 25.6 Å². The highest BCUT2D eigenvalue weighted by molar-refractivity contribution is 5.76. The lowest BCUT2D eigenvalue weighted by Crippen LogP contribution is -2.37. The van der Waals surface area contributed by atoms with Crippen LogP contribution in [0.3, 0.4) is 0 Å². The molecule has 0 aromatic carbocycles. The Kier molecular flexibility index (Phi) is 6.77. The number of amides is 1. The van der Waals surface area contributed by atoms with E-state index in [4.69, 9.17) is 10.4 Å². The molecule has 0 atom stereocenters. The fraction of sp³-hybridized carbons (Fsp3) is 0.800. The molecule has 4 nitrogen and oxygen atoms in total. The summed E-state index contributed by atoms with van der Waals surface area (Å²) >= 11 is 0. The van der Waals surface area contributed by atoms with Crippen LogP contribution in [-0.2, 0) is 4.79 Å². The molecule has 0 fully saturated rings. The number of carbonyl (C=O) groups is 1. The number of nitriles is 1. The average molecular weight is 198 g/mol. The summed E-state index contributed by atoms with van der Waals surface area (Å²) in [6.07, 6.45) is 1.22. The van der Waals surface area contributed by atoms with Crippen molar-refractivity contribution in [2.75, 3.05) is 13.2 Å². The van der Waals surface area contributed by atoms with Crippen molar-refractivity contribution in [1.29, 1.82) is 5.26 Å². The summed E-state index contributed by atoms with van der Waals surface area (Å²) < 4.78 is 0. The minimum atomic E-state index is 0.0179. The molecular formula is C10H18N2O2. The Bertz CT molecular complexity index is 209. The predicted octanol–water partition coefficient (Wildman–Crippen LogP) is 0.910. The lowest BCUT2D eigenvalue weighted by molar-refractivity contribution is -0.133. The van der Waals surface area contributed by atoms with Gasteiger partial charge < -0.3 is 10.0 Å². The third-order valence-electron chi connectivity index (χ3n) is 1.96. The normalized spacial score (nSPS) is 9.93. The lowest BCUT2D eigenvalue weighted by Gasteiger charge is -2.25. The molecule has 80 valence electrons. The van der Waals surface area contributed by atoms with E-state index in [0.29, 0.717) is 25.8 Å². The molecule has 0 rings (SSSR count). The Morgan fingerprint density at radius 1 is 1.57 bits per heavy atom. The third kappa shape index (κ3) is 4.83. The maximum absolute atomic E-state index is 11.6. The molecule has 0 bridgehead atoms. The largest absolute Gasteiger partial charge is 0.396 e. The summed E-state index contributed by atoms with van der Waals surface area (Å²) in [5.74, 6) is 0.0179. The topological polar surface area (TPSA) is 64.3 Å². The number of rotatable bonds is 6. The number of nitrogens with zero attached hydrogens (tertiary/aromatic N) is 2. The molecule has 0 saturated carbocycles. The molecule has 1 amide bonds. The van der Waals surface area contributed by atoms with E-state index in [1.165, 1.54) is 0 Å². The van der Waals surface area contributed by atoms with Gasteiger partial charge >= 0.3 is 0 Å². The number of hydrogen-bond donors (Lipinski definition) is 1. The molecular weight excluding hydrogens is 180 g/mol. The smallest absolute Gasteiger partial charge is 0.222 e. The van der Waals surface area contributed by atoms with Gasteiger partial charge in [0.15, 0.2) is 0 Å². The van der Waals surface area contributed by atoms with Crippen LogP contribution in [0.2, 0.25) is 0 Å². The first-order chi connectivity index (χ1) is 6.63. The van der Waals surface area contributed by atoms with E-state index in [9.17, 15) is 4.79 Å². The van der Waals surface area contributed by atoms with Crippen LogP contribution in [0.4, 0.5) is 0 Å². The molecule has 4 heteroatoms. The third-order valence-corrected chi connectivity index (χ3v) is 1.96. The summed E-state index contributed by atoms with van der Waals surface area (Å²) in [6, 6.07) is 2.14. The van der Waals surface area contributed by atoms with Crippen LogP contribution in [0.25, 0.3) is 0 Å². The number of aliphatic hydroxyl groups is 1. The van der Waals surface area contributed by atoms with Crippen molar-refractivity contribution in [2.45, 2.75) is 39.2 Å². The molecule has 0 unspecified atom stereocenters. The van der Waals surface area contributed by atoms with Crippen molar-refractivity contribution in [2.24, 2.45) is 0 Å². The second kappa shape index (κ2) is 7.34. The maximum atomic E-state index is 11.6. The van der Waals surface area contributed by atoms with Crippen LogP contribution in [-0.4, -0.2) is 35.1 Å². The fourth-order valence-corrected chi connectivity index (χ4v) is 1.22. The predicted molar refractivity (Wildman–Crippen MR) is 53.4 cm³/mol. The van der Waals surface area contributed by atoms with Gasteiger partial charge in [-0.25, -0.2) is 0 Å². The van der Waals surface area contributed by atoms with Crippen LogP contribution in [0.15, 0.2) is 0 Å². The van der Waals surface area contributed by atoms with E-state index in [2.05, 4.69) is 0 Å². The molecule has 0 aromatic heterocycles. The molecule has 1 N–H and O–H groups in total. The van der Waals surface area contributed by atoms with E-state index in [-0.39, 0.29) is 18.6 Å². The molecule has 14 heavy (non-hydrogen) atoms. The van der Waals surface area contributed by atoms with Crippen molar-refractivity contribution >= 4 is 5.91 Å². The zero-order valence-electron chi connectivity index (χ0n) is 8.86. The summed E-state index contributed by atoms with van der Waals surface area (Å²) in [7, 11) is 0. The quantitative estimate of drug-likeness (QED) is 0.690. The summed E-state index contributed by atoms with van der Waals surface area (Å²) in [4.78, 5) is 13.2. The van der Waals surface area contributed by atoms with Gasteiger partial charge in [-0.05, 0) is 20.3 Å². The Balaban J connectivity index is 4.06. The number of carbonyl (C=O) groups excluding carboxylic acids is 1. The lowest BCUT2D eigenvalue weighted by atomic mass is 10.2. The molecule has 0 saturated heterocycles. The van der Waals surface area contributed by atoms with Gasteiger partial charge in [0.05, 0.1) is 12.5 Å². The van der Waals surface area contributed by atoms with Crippen LogP contribution in [0, 0.1) is 11.3 Å². The number of hydrogen-bond acceptors (Lipinski definition) is 3. The van der Waals surface area contributed by atoms with Crippen LogP contribution < -0.4 is 0 Å². The molecule has 0 aliphatic rings. The highest BCUT2D eigenvalue weighted by Gasteiger charge is 2.15.